The highest BCUT2D eigenvalue weighted by Gasteiger charge is 2.34. The number of nitrogens with one attached hydrogen (secondary N) is 1. The molecule has 1 N–H and O–H groups in total. The summed E-state index contributed by atoms with van der Waals surface area (Å²) in [6.07, 6.45) is -1.83. The zero-order chi connectivity index (χ0) is 19.4. The van der Waals surface area contributed by atoms with Crippen LogP contribution in [0.2, 0.25) is 5.02 Å². The van der Waals surface area contributed by atoms with Gasteiger partial charge in [0.15, 0.2) is 0 Å². The van der Waals surface area contributed by atoms with E-state index in [2.05, 4.69) is 25.6 Å². The van der Waals surface area contributed by atoms with Gasteiger partial charge in [-0.3, -0.25) is 4.79 Å². The molecule has 0 radical (unpaired) electrons. The van der Waals surface area contributed by atoms with E-state index in [4.69, 9.17) is 16.0 Å². The molecule has 142 valence electrons. The Bertz CT molecular complexity index is 931. The van der Waals surface area contributed by atoms with Crippen molar-refractivity contribution in [3.8, 4) is 0 Å². The van der Waals surface area contributed by atoms with E-state index >= 15 is 0 Å². The van der Waals surface area contributed by atoms with Crippen molar-refractivity contribution in [2.75, 3.05) is 11.1 Å². The second kappa shape index (κ2) is 7.96. The Balaban J connectivity index is 1.58. The summed E-state index contributed by atoms with van der Waals surface area (Å²) in [5, 5.41) is 13.6. The van der Waals surface area contributed by atoms with Gasteiger partial charge in [0.1, 0.15) is 19.2 Å². The minimum Gasteiger partial charge on any atom is -0.414 e. The van der Waals surface area contributed by atoms with Crippen molar-refractivity contribution in [2.24, 2.45) is 0 Å². The Morgan fingerprint density at radius 2 is 2.15 bits per heavy atom. The molecule has 0 fully saturated rings. The predicted molar refractivity (Wildman–Crippen MR) is 89.2 cm³/mol. The number of aromatic nitrogens is 5. The maximum Gasteiger partial charge on any atom is 0.418 e. The van der Waals surface area contributed by atoms with E-state index in [1.165, 1.54) is 23.4 Å². The van der Waals surface area contributed by atoms with E-state index < -0.39 is 17.6 Å². The number of hydrogen-bond acceptors (Lipinski definition) is 7. The lowest BCUT2D eigenvalue weighted by Gasteiger charge is -2.13. The molecule has 2 aromatic heterocycles. The SMILES string of the molecule is O=C(CSc1nnc(Cn2cncn2)o1)Nc1ccc(Cl)cc1C(F)(F)F. The quantitative estimate of drug-likeness (QED) is 0.614. The van der Waals surface area contributed by atoms with Gasteiger partial charge in [-0.25, -0.2) is 9.67 Å². The Morgan fingerprint density at radius 1 is 1.33 bits per heavy atom. The largest absolute Gasteiger partial charge is 0.418 e. The molecule has 0 atom stereocenters. The number of alkyl halides is 3. The molecule has 0 aliphatic heterocycles. The first-order valence-electron chi connectivity index (χ1n) is 7.25. The monoisotopic (exact) mass is 418 g/mol. The smallest absolute Gasteiger partial charge is 0.414 e. The highest BCUT2D eigenvalue weighted by atomic mass is 35.5. The van der Waals surface area contributed by atoms with Gasteiger partial charge in [0, 0.05) is 5.02 Å². The minimum absolute atomic E-state index is 0.0829. The summed E-state index contributed by atoms with van der Waals surface area (Å²) in [5.41, 5.74) is -1.41. The fourth-order valence-electron chi connectivity index (χ4n) is 1.99. The summed E-state index contributed by atoms with van der Waals surface area (Å²) in [4.78, 5) is 15.7. The zero-order valence-electron chi connectivity index (χ0n) is 13.3. The topological polar surface area (TPSA) is 98.7 Å². The number of rotatable bonds is 6. The number of anilines is 1. The highest BCUT2D eigenvalue weighted by molar-refractivity contribution is 7.99. The van der Waals surface area contributed by atoms with Crippen LogP contribution in [0, 0.1) is 0 Å². The minimum atomic E-state index is -4.65. The Labute approximate surface area is 159 Å². The number of amides is 1. The fourth-order valence-corrected chi connectivity index (χ4v) is 2.74. The van der Waals surface area contributed by atoms with Crippen molar-refractivity contribution in [1.82, 2.24) is 25.0 Å². The van der Waals surface area contributed by atoms with Gasteiger partial charge in [0.25, 0.3) is 5.22 Å². The first-order chi connectivity index (χ1) is 12.8. The van der Waals surface area contributed by atoms with Gasteiger partial charge >= 0.3 is 6.18 Å². The second-order valence-electron chi connectivity index (χ2n) is 5.08. The molecule has 0 saturated carbocycles. The van der Waals surface area contributed by atoms with Crippen molar-refractivity contribution in [3.05, 3.63) is 47.3 Å². The Kier molecular flexibility index (Phi) is 5.65. The van der Waals surface area contributed by atoms with Crippen molar-refractivity contribution >= 4 is 35.0 Å². The van der Waals surface area contributed by atoms with E-state index in [0.29, 0.717) is 0 Å². The first kappa shape index (κ1) is 19.2. The lowest BCUT2D eigenvalue weighted by Crippen LogP contribution is -2.18. The number of hydrogen-bond donors (Lipinski definition) is 1. The Hall–Kier alpha value is -2.60. The summed E-state index contributed by atoms with van der Waals surface area (Å²) >= 11 is 6.49. The second-order valence-corrected chi connectivity index (χ2v) is 6.44. The number of thioether (sulfide) groups is 1. The molecule has 1 aromatic carbocycles. The van der Waals surface area contributed by atoms with Crippen LogP contribution in [0.25, 0.3) is 0 Å². The van der Waals surface area contributed by atoms with Crippen LogP contribution in [-0.4, -0.2) is 36.6 Å². The summed E-state index contributed by atoms with van der Waals surface area (Å²) in [6, 6.07) is 3.10. The number of nitrogens with zero attached hydrogens (tertiary/aromatic N) is 5. The molecule has 0 spiro atoms. The third kappa shape index (κ3) is 5.20. The maximum absolute atomic E-state index is 13.0. The molecular weight excluding hydrogens is 409 g/mol. The molecule has 0 aliphatic rings. The zero-order valence-corrected chi connectivity index (χ0v) is 14.8. The summed E-state index contributed by atoms with van der Waals surface area (Å²) in [6.45, 7) is 0.208. The van der Waals surface area contributed by atoms with Gasteiger partial charge in [-0.05, 0) is 18.2 Å². The highest BCUT2D eigenvalue weighted by Crippen LogP contribution is 2.36. The van der Waals surface area contributed by atoms with Gasteiger partial charge in [0.05, 0.1) is 17.0 Å². The number of benzene rings is 1. The normalized spacial score (nSPS) is 11.6. The predicted octanol–water partition coefficient (Wildman–Crippen LogP) is 3.11. The van der Waals surface area contributed by atoms with Gasteiger partial charge in [-0.1, -0.05) is 23.4 Å². The van der Waals surface area contributed by atoms with Crippen molar-refractivity contribution < 1.29 is 22.4 Å². The van der Waals surface area contributed by atoms with E-state index in [1.807, 2.05) is 0 Å². The molecular formula is C14H10ClF3N6O2S. The van der Waals surface area contributed by atoms with Crippen LogP contribution in [0.15, 0.2) is 40.5 Å². The van der Waals surface area contributed by atoms with Gasteiger partial charge < -0.3 is 9.73 Å². The van der Waals surface area contributed by atoms with Gasteiger partial charge in [-0.2, -0.15) is 18.3 Å². The molecule has 2 heterocycles. The number of carbonyl (C=O) groups excluding carboxylic acids is 1. The van der Waals surface area contributed by atoms with E-state index in [1.54, 1.807) is 0 Å². The van der Waals surface area contributed by atoms with E-state index in [9.17, 15) is 18.0 Å². The molecule has 8 nitrogen and oxygen atoms in total. The molecule has 27 heavy (non-hydrogen) atoms. The van der Waals surface area contributed by atoms with Crippen LogP contribution in [0.3, 0.4) is 0 Å². The van der Waals surface area contributed by atoms with Crippen molar-refractivity contribution in [2.45, 2.75) is 17.9 Å². The maximum atomic E-state index is 13.0. The molecule has 13 heteroatoms. The molecule has 0 aliphatic carbocycles. The number of halogens is 4. The third-order valence-electron chi connectivity index (χ3n) is 3.10. The standard InChI is InChI=1S/C14H10ClF3N6O2S/c15-8-1-2-10(9(3-8)14(16,17)18)21-11(25)5-27-13-23-22-12(26-13)4-24-7-19-6-20-24/h1-3,6-7H,4-5H2,(H,21,25). The molecule has 3 rings (SSSR count). The lowest BCUT2D eigenvalue weighted by atomic mass is 10.1. The van der Waals surface area contributed by atoms with Gasteiger partial charge in [-0.15, -0.1) is 10.2 Å². The lowest BCUT2D eigenvalue weighted by molar-refractivity contribution is -0.137. The summed E-state index contributed by atoms with van der Waals surface area (Å²) in [5.74, 6) is -0.630. The van der Waals surface area contributed by atoms with Crippen molar-refractivity contribution in [1.29, 1.82) is 0 Å². The van der Waals surface area contributed by atoms with Crippen LogP contribution in [0.5, 0.6) is 0 Å². The molecule has 0 bridgehead atoms. The molecule has 1 amide bonds. The number of carbonyl (C=O) groups is 1. The summed E-state index contributed by atoms with van der Waals surface area (Å²) < 4.78 is 45.9. The summed E-state index contributed by atoms with van der Waals surface area (Å²) in [7, 11) is 0. The van der Waals surface area contributed by atoms with Crippen LogP contribution >= 0.6 is 23.4 Å². The van der Waals surface area contributed by atoms with Crippen molar-refractivity contribution in [3.63, 3.8) is 0 Å². The van der Waals surface area contributed by atoms with E-state index in [0.717, 1.165) is 23.9 Å². The molecule has 3 aromatic rings. The van der Waals surface area contributed by atoms with Crippen LogP contribution in [-0.2, 0) is 17.5 Å². The van der Waals surface area contributed by atoms with Crippen LogP contribution < -0.4 is 5.32 Å². The molecule has 0 saturated heterocycles. The molecule has 0 unspecified atom stereocenters. The van der Waals surface area contributed by atoms with Crippen LogP contribution in [0.4, 0.5) is 18.9 Å². The third-order valence-corrected chi connectivity index (χ3v) is 4.15. The first-order valence-corrected chi connectivity index (χ1v) is 8.62. The fraction of sp³-hybridized carbons (Fsp3) is 0.214. The Morgan fingerprint density at radius 3 is 2.85 bits per heavy atom. The van der Waals surface area contributed by atoms with Gasteiger partial charge in [0.2, 0.25) is 11.8 Å². The van der Waals surface area contributed by atoms with E-state index in [-0.39, 0.29) is 34.1 Å². The van der Waals surface area contributed by atoms with Crippen LogP contribution in [0.1, 0.15) is 11.5 Å². The average Bonchev–Trinajstić information content (AvgIpc) is 3.26. The average molecular weight is 419 g/mol.